The zero-order valence-electron chi connectivity index (χ0n) is 7.09. The normalized spacial score (nSPS) is 26.9. The van der Waals surface area contributed by atoms with Crippen molar-refractivity contribution in [1.82, 2.24) is 0 Å². The Hall–Kier alpha value is -0.570. The van der Waals surface area contributed by atoms with Crippen molar-refractivity contribution in [3.05, 3.63) is 0 Å². The van der Waals surface area contributed by atoms with E-state index in [4.69, 9.17) is 16.3 Å². The lowest BCUT2D eigenvalue weighted by Gasteiger charge is -2.21. The molecule has 0 amide bonds. The molecule has 0 bridgehead atoms. The molecule has 1 aliphatic heterocycles. The molecule has 0 aromatic heterocycles. The van der Waals surface area contributed by atoms with E-state index in [1.54, 1.807) is 0 Å². The molecule has 12 heavy (non-hydrogen) atoms. The second-order valence-corrected chi connectivity index (χ2v) is 4.12. The minimum Gasteiger partial charge on any atom is -0.461 e. The van der Waals surface area contributed by atoms with Crippen molar-refractivity contribution in [1.29, 1.82) is 0 Å². The van der Waals surface area contributed by atoms with Crippen molar-refractivity contribution in [3.63, 3.8) is 0 Å². The minimum atomic E-state index is -0.456. The van der Waals surface area contributed by atoms with Crippen LogP contribution in [-0.4, -0.2) is 17.3 Å². The van der Waals surface area contributed by atoms with Gasteiger partial charge in [-0.2, -0.15) is 0 Å². The second kappa shape index (κ2) is 3.05. The van der Waals surface area contributed by atoms with Crippen LogP contribution in [-0.2, 0) is 14.3 Å². The third-order valence-electron chi connectivity index (χ3n) is 2.09. The minimum absolute atomic E-state index is 0.111. The Morgan fingerprint density at radius 2 is 2.33 bits per heavy atom. The monoisotopic (exact) mass is 190 g/mol. The molecule has 68 valence electrons. The fraction of sp³-hybridized carbons (Fsp3) is 0.750. The molecular weight excluding hydrogens is 180 g/mol. The van der Waals surface area contributed by atoms with Crippen molar-refractivity contribution < 1.29 is 14.3 Å². The van der Waals surface area contributed by atoms with E-state index in [0.29, 0.717) is 6.42 Å². The first-order valence-electron chi connectivity index (χ1n) is 3.79. The highest BCUT2D eigenvalue weighted by atomic mass is 35.5. The van der Waals surface area contributed by atoms with E-state index >= 15 is 0 Å². The van der Waals surface area contributed by atoms with Crippen LogP contribution >= 0.6 is 11.6 Å². The third kappa shape index (κ3) is 1.97. The number of ether oxygens (including phenoxy) is 1. The Morgan fingerprint density at radius 3 is 2.67 bits per heavy atom. The first kappa shape index (κ1) is 9.52. The van der Waals surface area contributed by atoms with Gasteiger partial charge in [-0.25, -0.2) is 0 Å². The molecule has 0 aromatic rings. The van der Waals surface area contributed by atoms with E-state index in [-0.39, 0.29) is 23.9 Å². The number of carbonyl (C=O) groups is 2. The van der Waals surface area contributed by atoms with Gasteiger partial charge in [-0.1, -0.05) is 13.8 Å². The Balaban J connectivity index is 2.65. The summed E-state index contributed by atoms with van der Waals surface area (Å²) in [6.07, 6.45) is 0.122. The van der Waals surface area contributed by atoms with Crippen LogP contribution in [0.2, 0.25) is 0 Å². The summed E-state index contributed by atoms with van der Waals surface area (Å²) in [6.45, 7) is 3.78. The highest BCUT2D eigenvalue weighted by molar-refractivity contribution is 6.63. The molecule has 0 N–H and O–H groups in total. The van der Waals surface area contributed by atoms with Crippen LogP contribution in [0.15, 0.2) is 0 Å². The Labute approximate surface area is 76.0 Å². The van der Waals surface area contributed by atoms with E-state index in [1.165, 1.54) is 0 Å². The van der Waals surface area contributed by atoms with Crippen LogP contribution in [0.3, 0.4) is 0 Å². The van der Waals surface area contributed by atoms with E-state index < -0.39 is 5.24 Å². The molecule has 0 aliphatic carbocycles. The van der Waals surface area contributed by atoms with Gasteiger partial charge in [-0.3, -0.25) is 9.59 Å². The lowest BCUT2D eigenvalue weighted by molar-refractivity contribution is -0.142. The molecule has 0 spiro atoms. The Morgan fingerprint density at radius 1 is 1.75 bits per heavy atom. The van der Waals surface area contributed by atoms with Gasteiger partial charge in [-0.05, 0) is 11.6 Å². The first-order valence-corrected chi connectivity index (χ1v) is 4.17. The average molecular weight is 191 g/mol. The smallest absolute Gasteiger partial charge is 0.306 e. The van der Waals surface area contributed by atoms with Crippen molar-refractivity contribution in [3.8, 4) is 0 Å². The van der Waals surface area contributed by atoms with Gasteiger partial charge in [0.05, 0.1) is 12.8 Å². The molecule has 3 nitrogen and oxygen atoms in total. The quantitative estimate of drug-likeness (QED) is 0.490. The first-order chi connectivity index (χ1) is 5.42. The van der Waals surface area contributed by atoms with E-state index in [2.05, 4.69) is 0 Å². The number of rotatable bonds is 2. The van der Waals surface area contributed by atoms with Crippen LogP contribution in [0, 0.1) is 5.41 Å². The molecule has 1 unspecified atom stereocenters. The Bertz CT molecular complexity index is 222. The molecule has 1 rings (SSSR count). The lowest BCUT2D eigenvalue weighted by Crippen LogP contribution is -2.25. The standard InChI is InChI=1S/C8H11ClO3/c1-8(2)4-7(11)12-5(8)3-6(9)10/h5H,3-4H2,1-2H3. The van der Waals surface area contributed by atoms with Crippen LogP contribution in [0.4, 0.5) is 0 Å². The predicted octanol–water partition coefficient (Wildman–Crippen LogP) is 1.48. The largest absolute Gasteiger partial charge is 0.461 e. The molecule has 0 aromatic carbocycles. The van der Waals surface area contributed by atoms with Gasteiger partial charge in [0, 0.05) is 5.41 Å². The summed E-state index contributed by atoms with van der Waals surface area (Å²) < 4.78 is 4.94. The van der Waals surface area contributed by atoms with Gasteiger partial charge >= 0.3 is 5.97 Å². The summed E-state index contributed by atoms with van der Waals surface area (Å²) in [5, 5.41) is -0.456. The maximum atomic E-state index is 10.9. The van der Waals surface area contributed by atoms with Gasteiger partial charge in [0.2, 0.25) is 5.24 Å². The number of hydrogen-bond donors (Lipinski definition) is 0. The number of carbonyl (C=O) groups excluding carboxylic acids is 2. The molecule has 1 atom stereocenters. The Kier molecular flexibility index (Phi) is 2.42. The van der Waals surface area contributed by atoms with Crippen LogP contribution < -0.4 is 0 Å². The number of halogens is 1. The lowest BCUT2D eigenvalue weighted by atomic mass is 9.84. The van der Waals surface area contributed by atoms with Gasteiger partial charge in [0.25, 0.3) is 0 Å². The number of esters is 1. The van der Waals surface area contributed by atoms with Crippen LogP contribution in [0.25, 0.3) is 0 Å². The van der Waals surface area contributed by atoms with Crippen molar-refractivity contribution in [2.75, 3.05) is 0 Å². The fourth-order valence-corrected chi connectivity index (χ4v) is 1.45. The van der Waals surface area contributed by atoms with Gasteiger partial charge < -0.3 is 4.74 Å². The highest BCUT2D eigenvalue weighted by Gasteiger charge is 2.42. The zero-order chi connectivity index (χ0) is 9.35. The zero-order valence-corrected chi connectivity index (χ0v) is 7.85. The number of cyclic esters (lactones) is 1. The molecule has 0 saturated carbocycles. The summed E-state index contributed by atoms with van der Waals surface area (Å²) in [5.74, 6) is -0.247. The maximum Gasteiger partial charge on any atom is 0.306 e. The average Bonchev–Trinajstić information content (AvgIpc) is 2.04. The summed E-state index contributed by atoms with van der Waals surface area (Å²) in [4.78, 5) is 21.4. The summed E-state index contributed by atoms with van der Waals surface area (Å²) >= 11 is 5.20. The summed E-state index contributed by atoms with van der Waals surface area (Å²) in [7, 11) is 0. The molecule has 1 heterocycles. The molecule has 0 radical (unpaired) electrons. The second-order valence-electron chi connectivity index (χ2n) is 3.70. The van der Waals surface area contributed by atoms with Gasteiger partial charge in [-0.15, -0.1) is 0 Å². The highest BCUT2D eigenvalue weighted by Crippen LogP contribution is 2.36. The van der Waals surface area contributed by atoms with E-state index in [0.717, 1.165) is 0 Å². The third-order valence-corrected chi connectivity index (χ3v) is 2.25. The van der Waals surface area contributed by atoms with Gasteiger partial charge in [0.1, 0.15) is 6.10 Å². The van der Waals surface area contributed by atoms with Crippen molar-refractivity contribution in [2.45, 2.75) is 32.8 Å². The molecule has 1 aliphatic rings. The summed E-state index contributed by atoms with van der Waals surface area (Å²) in [6, 6.07) is 0. The van der Waals surface area contributed by atoms with E-state index in [1.807, 2.05) is 13.8 Å². The molecule has 4 heteroatoms. The topological polar surface area (TPSA) is 43.4 Å². The molecular formula is C8H11ClO3. The van der Waals surface area contributed by atoms with Crippen LogP contribution in [0.5, 0.6) is 0 Å². The fourth-order valence-electron chi connectivity index (χ4n) is 1.31. The number of hydrogen-bond acceptors (Lipinski definition) is 3. The van der Waals surface area contributed by atoms with Gasteiger partial charge in [0.15, 0.2) is 0 Å². The van der Waals surface area contributed by atoms with Crippen molar-refractivity contribution >= 4 is 22.8 Å². The molecule has 1 saturated heterocycles. The van der Waals surface area contributed by atoms with E-state index in [9.17, 15) is 9.59 Å². The van der Waals surface area contributed by atoms with Crippen molar-refractivity contribution in [2.24, 2.45) is 5.41 Å². The predicted molar refractivity (Wildman–Crippen MR) is 43.8 cm³/mol. The molecule has 1 fully saturated rings. The maximum absolute atomic E-state index is 10.9. The van der Waals surface area contributed by atoms with Crippen LogP contribution in [0.1, 0.15) is 26.7 Å². The SMILES string of the molecule is CC1(C)CC(=O)OC1CC(=O)Cl. The summed E-state index contributed by atoms with van der Waals surface area (Å²) in [5.41, 5.74) is -0.262.